The Hall–Kier alpha value is -2.54. The van der Waals surface area contributed by atoms with Crippen LogP contribution in [0.4, 0.5) is 18.9 Å². The van der Waals surface area contributed by atoms with Crippen molar-refractivity contribution in [2.75, 3.05) is 25.5 Å². The van der Waals surface area contributed by atoms with E-state index in [0.717, 1.165) is 23.3 Å². The molecule has 1 fully saturated rings. The van der Waals surface area contributed by atoms with Crippen molar-refractivity contribution in [2.45, 2.75) is 37.9 Å². The van der Waals surface area contributed by atoms with Crippen LogP contribution in [0.5, 0.6) is 5.75 Å². The van der Waals surface area contributed by atoms with Gasteiger partial charge in [-0.05, 0) is 56.1 Å². The van der Waals surface area contributed by atoms with Crippen LogP contribution >= 0.6 is 0 Å². The fourth-order valence-corrected chi connectivity index (χ4v) is 3.70. The molecule has 2 aromatic carbocycles. The zero-order valence-corrected chi connectivity index (χ0v) is 16.3. The summed E-state index contributed by atoms with van der Waals surface area (Å²) in [6.07, 6.45) is -3.50. The number of methoxy groups -OCH3 is 1. The summed E-state index contributed by atoms with van der Waals surface area (Å²) in [4.78, 5) is 14.7. The van der Waals surface area contributed by atoms with Crippen molar-refractivity contribution < 1.29 is 22.7 Å². The first-order valence-corrected chi connectivity index (χ1v) is 9.72. The monoisotopic (exact) mass is 406 g/mol. The van der Waals surface area contributed by atoms with E-state index in [1.165, 1.54) is 0 Å². The predicted molar refractivity (Wildman–Crippen MR) is 107 cm³/mol. The second-order valence-corrected chi connectivity index (χ2v) is 7.18. The minimum Gasteiger partial charge on any atom is -0.497 e. The summed E-state index contributed by atoms with van der Waals surface area (Å²) in [7, 11) is 1.60. The zero-order chi connectivity index (χ0) is 20.9. The zero-order valence-electron chi connectivity index (χ0n) is 16.3. The van der Waals surface area contributed by atoms with Gasteiger partial charge in [0.05, 0.1) is 13.2 Å². The van der Waals surface area contributed by atoms with Crippen LogP contribution in [0.15, 0.2) is 48.5 Å². The maximum atomic E-state index is 12.9. The fraction of sp³-hybridized carbons (Fsp3) is 0.409. The van der Waals surface area contributed by atoms with Gasteiger partial charge in [-0.1, -0.05) is 30.3 Å². The number of hydrogen-bond acceptors (Lipinski definition) is 3. The van der Waals surface area contributed by atoms with Crippen molar-refractivity contribution in [3.05, 3.63) is 48.5 Å². The smallest absolute Gasteiger partial charge is 0.389 e. The lowest BCUT2D eigenvalue weighted by Gasteiger charge is -2.24. The van der Waals surface area contributed by atoms with Crippen LogP contribution in [-0.4, -0.2) is 43.2 Å². The number of carbonyl (C=O) groups is 1. The lowest BCUT2D eigenvalue weighted by atomic mass is 10.0. The van der Waals surface area contributed by atoms with Gasteiger partial charge in [0.25, 0.3) is 0 Å². The quantitative estimate of drug-likeness (QED) is 0.695. The number of amides is 1. The SMILES string of the molecule is COc1ccc(-c2ccccc2NC(=O)[C@@H]2CCCN2CCCC(F)(F)F)cc1. The molecule has 4 nitrogen and oxygen atoms in total. The summed E-state index contributed by atoms with van der Waals surface area (Å²) in [5, 5.41) is 2.98. The van der Waals surface area contributed by atoms with Crippen molar-refractivity contribution in [3.63, 3.8) is 0 Å². The average Bonchev–Trinajstić information content (AvgIpc) is 3.16. The Balaban J connectivity index is 1.68. The first-order chi connectivity index (χ1) is 13.9. The Morgan fingerprint density at radius 2 is 1.90 bits per heavy atom. The Labute approximate surface area is 168 Å². The number of anilines is 1. The topological polar surface area (TPSA) is 41.6 Å². The molecule has 1 saturated heterocycles. The molecule has 1 aliphatic heterocycles. The first kappa shape index (κ1) is 21.2. The van der Waals surface area contributed by atoms with E-state index in [0.29, 0.717) is 18.7 Å². The van der Waals surface area contributed by atoms with Crippen LogP contribution in [0.3, 0.4) is 0 Å². The number of rotatable bonds is 7. The Kier molecular flexibility index (Phi) is 6.79. The maximum Gasteiger partial charge on any atom is 0.389 e. The van der Waals surface area contributed by atoms with Gasteiger partial charge in [-0.15, -0.1) is 0 Å². The summed E-state index contributed by atoms with van der Waals surface area (Å²) < 4.78 is 42.4. The highest BCUT2D eigenvalue weighted by Crippen LogP contribution is 2.30. The van der Waals surface area contributed by atoms with Crippen LogP contribution < -0.4 is 10.1 Å². The van der Waals surface area contributed by atoms with Crippen molar-refractivity contribution in [3.8, 4) is 16.9 Å². The van der Waals surface area contributed by atoms with E-state index in [1.54, 1.807) is 7.11 Å². The number of likely N-dealkylation sites (tertiary alicyclic amines) is 1. The van der Waals surface area contributed by atoms with E-state index in [4.69, 9.17) is 4.74 Å². The van der Waals surface area contributed by atoms with Gasteiger partial charge in [0.2, 0.25) is 5.91 Å². The van der Waals surface area contributed by atoms with Gasteiger partial charge >= 0.3 is 6.18 Å². The van der Waals surface area contributed by atoms with E-state index in [9.17, 15) is 18.0 Å². The van der Waals surface area contributed by atoms with Crippen molar-refractivity contribution in [1.29, 1.82) is 0 Å². The number of halogens is 3. The van der Waals surface area contributed by atoms with E-state index < -0.39 is 18.6 Å². The molecule has 0 aromatic heterocycles. The molecule has 1 atom stereocenters. The number of hydrogen-bond donors (Lipinski definition) is 1. The maximum absolute atomic E-state index is 12.9. The van der Waals surface area contributed by atoms with Gasteiger partial charge in [-0.25, -0.2) is 0 Å². The molecule has 29 heavy (non-hydrogen) atoms. The normalized spacial score (nSPS) is 17.3. The average molecular weight is 406 g/mol. The van der Waals surface area contributed by atoms with Crippen LogP contribution in [0.1, 0.15) is 25.7 Å². The second-order valence-electron chi connectivity index (χ2n) is 7.18. The van der Waals surface area contributed by atoms with Crippen LogP contribution in [0, 0.1) is 0 Å². The van der Waals surface area contributed by atoms with Gasteiger partial charge in [0.15, 0.2) is 0 Å². The van der Waals surface area contributed by atoms with Gasteiger partial charge in [-0.3, -0.25) is 9.69 Å². The molecular weight excluding hydrogens is 381 g/mol. The number of nitrogens with zero attached hydrogens (tertiary/aromatic N) is 1. The molecule has 0 aliphatic carbocycles. The third-order valence-electron chi connectivity index (χ3n) is 5.16. The summed E-state index contributed by atoms with van der Waals surface area (Å²) in [6, 6.07) is 14.7. The van der Waals surface area contributed by atoms with Gasteiger partial charge < -0.3 is 10.1 Å². The highest BCUT2D eigenvalue weighted by molar-refractivity contribution is 5.98. The molecule has 156 valence electrons. The van der Waals surface area contributed by atoms with Crippen LogP contribution in [0.25, 0.3) is 11.1 Å². The molecule has 0 spiro atoms. The highest BCUT2D eigenvalue weighted by atomic mass is 19.4. The molecule has 1 amide bonds. The number of carbonyl (C=O) groups excluding carboxylic acids is 1. The standard InChI is InChI=1S/C22H25F3N2O2/c1-29-17-11-9-16(10-12-17)18-6-2-3-7-19(18)26-21(28)20-8-4-14-27(20)15-5-13-22(23,24)25/h2-3,6-7,9-12,20H,4-5,8,13-15H2,1H3,(H,26,28)/t20-/m0/s1. The lowest BCUT2D eigenvalue weighted by molar-refractivity contribution is -0.136. The molecule has 1 aliphatic rings. The molecular formula is C22H25F3N2O2. The number of benzene rings is 2. The van der Waals surface area contributed by atoms with E-state index >= 15 is 0 Å². The van der Waals surface area contributed by atoms with Crippen LogP contribution in [-0.2, 0) is 4.79 Å². The van der Waals surface area contributed by atoms with Crippen molar-refractivity contribution >= 4 is 11.6 Å². The molecule has 7 heteroatoms. The largest absolute Gasteiger partial charge is 0.497 e. The van der Waals surface area contributed by atoms with E-state index in [-0.39, 0.29) is 18.9 Å². The number of ether oxygens (including phenoxy) is 1. The molecule has 0 bridgehead atoms. The summed E-state index contributed by atoms with van der Waals surface area (Å²) in [5.41, 5.74) is 2.50. The van der Waals surface area contributed by atoms with Gasteiger partial charge in [-0.2, -0.15) is 13.2 Å². The van der Waals surface area contributed by atoms with E-state index in [2.05, 4.69) is 5.32 Å². The molecule has 3 rings (SSSR count). The molecule has 2 aromatic rings. The number of nitrogens with one attached hydrogen (secondary N) is 1. The minimum atomic E-state index is -4.16. The van der Waals surface area contributed by atoms with Gasteiger partial charge in [0.1, 0.15) is 5.75 Å². The Morgan fingerprint density at radius 1 is 1.17 bits per heavy atom. The number of alkyl halides is 3. The van der Waals surface area contributed by atoms with E-state index in [1.807, 2.05) is 53.4 Å². The molecule has 1 heterocycles. The summed E-state index contributed by atoms with van der Waals surface area (Å²) in [5.74, 6) is 0.575. The molecule has 0 unspecified atom stereocenters. The Bertz CT molecular complexity index is 822. The third kappa shape index (κ3) is 5.73. The molecule has 0 saturated carbocycles. The summed E-state index contributed by atoms with van der Waals surface area (Å²) in [6.45, 7) is 0.924. The molecule has 0 radical (unpaired) electrons. The highest BCUT2D eigenvalue weighted by Gasteiger charge is 2.32. The third-order valence-corrected chi connectivity index (χ3v) is 5.16. The van der Waals surface area contributed by atoms with Gasteiger partial charge in [0, 0.05) is 17.7 Å². The lowest BCUT2D eigenvalue weighted by Crippen LogP contribution is -2.40. The van der Waals surface area contributed by atoms with Crippen molar-refractivity contribution in [2.24, 2.45) is 0 Å². The second kappa shape index (κ2) is 9.31. The van der Waals surface area contributed by atoms with Crippen LogP contribution in [0.2, 0.25) is 0 Å². The number of para-hydroxylation sites is 1. The first-order valence-electron chi connectivity index (χ1n) is 9.72. The minimum absolute atomic E-state index is 0.00964. The van der Waals surface area contributed by atoms with Crippen molar-refractivity contribution in [1.82, 2.24) is 4.90 Å². The Morgan fingerprint density at radius 3 is 2.59 bits per heavy atom. The molecule has 1 N–H and O–H groups in total. The predicted octanol–water partition coefficient (Wildman–Crippen LogP) is 5.11. The summed E-state index contributed by atoms with van der Waals surface area (Å²) >= 11 is 0. The fourth-order valence-electron chi connectivity index (χ4n) is 3.70.